The SMILES string of the molecule is Cc1ccc(C)c(N2C(=O)CSC2c2ccccc2NC(=O)c2ccccc2C)c1. The van der Waals surface area contributed by atoms with E-state index in [0.717, 1.165) is 33.6 Å². The third kappa shape index (κ3) is 3.85. The van der Waals surface area contributed by atoms with Crippen molar-refractivity contribution in [1.29, 1.82) is 0 Å². The Hall–Kier alpha value is -3.05. The van der Waals surface area contributed by atoms with Gasteiger partial charge in [0.25, 0.3) is 5.91 Å². The first-order valence-electron chi connectivity index (χ1n) is 9.92. The lowest BCUT2D eigenvalue weighted by molar-refractivity contribution is -0.115. The number of aryl methyl sites for hydroxylation is 3. The standard InChI is InChI=1S/C25H24N2O2S/c1-16-12-13-18(3)22(14-16)27-23(28)15-30-25(27)20-10-6-7-11-21(20)26-24(29)19-9-5-4-8-17(19)2/h4-14,25H,15H2,1-3H3,(H,26,29). The smallest absolute Gasteiger partial charge is 0.255 e. The maximum Gasteiger partial charge on any atom is 0.255 e. The summed E-state index contributed by atoms with van der Waals surface area (Å²) in [5.74, 6) is 0.352. The molecule has 1 N–H and O–H groups in total. The zero-order valence-electron chi connectivity index (χ0n) is 17.3. The molecule has 5 heteroatoms. The molecule has 1 aliphatic heterocycles. The minimum absolute atomic E-state index is 0.0822. The summed E-state index contributed by atoms with van der Waals surface area (Å²) in [6.07, 6.45) is 0. The molecule has 1 unspecified atom stereocenters. The Morgan fingerprint density at radius 3 is 2.50 bits per heavy atom. The second-order valence-electron chi connectivity index (χ2n) is 7.57. The maximum absolute atomic E-state index is 12.9. The zero-order chi connectivity index (χ0) is 21.3. The Morgan fingerprint density at radius 2 is 1.70 bits per heavy atom. The van der Waals surface area contributed by atoms with Gasteiger partial charge in [0.05, 0.1) is 5.75 Å². The third-order valence-corrected chi connectivity index (χ3v) is 6.55. The van der Waals surface area contributed by atoms with Crippen molar-refractivity contribution >= 4 is 35.0 Å². The molecule has 1 atom stereocenters. The van der Waals surface area contributed by atoms with Crippen molar-refractivity contribution in [2.75, 3.05) is 16.0 Å². The molecule has 0 radical (unpaired) electrons. The van der Waals surface area contributed by atoms with Crippen LogP contribution in [0.5, 0.6) is 0 Å². The molecule has 1 aliphatic rings. The third-order valence-electron chi connectivity index (χ3n) is 5.36. The Bertz CT molecular complexity index is 1130. The predicted molar refractivity (Wildman–Crippen MR) is 124 cm³/mol. The van der Waals surface area contributed by atoms with E-state index in [2.05, 4.69) is 17.4 Å². The van der Waals surface area contributed by atoms with Gasteiger partial charge in [-0.05, 0) is 55.7 Å². The second kappa shape index (κ2) is 8.36. The molecule has 4 rings (SSSR count). The number of hydrogen-bond donors (Lipinski definition) is 1. The van der Waals surface area contributed by atoms with Gasteiger partial charge in [-0.25, -0.2) is 0 Å². The van der Waals surface area contributed by atoms with Crippen LogP contribution in [0.1, 0.15) is 38.0 Å². The van der Waals surface area contributed by atoms with Crippen LogP contribution in [0.3, 0.4) is 0 Å². The normalized spacial score (nSPS) is 16.0. The fourth-order valence-electron chi connectivity index (χ4n) is 3.74. The molecule has 3 aromatic rings. The monoisotopic (exact) mass is 416 g/mol. The summed E-state index contributed by atoms with van der Waals surface area (Å²) in [5, 5.41) is 2.88. The largest absolute Gasteiger partial charge is 0.322 e. The van der Waals surface area contributed by atoms with Crippen LogP contribution in [-0.2, 0) is 4.79 Å². The van der Waals surface area contributed by atoms with Gasteiger partial charge in [-0.1, -0.05) is 48.5 Å². The predicted octanol–water partition coefficient (Wildman–Crippen LogP) is 5.64. The second-order valence-corrected chi connectivity index (χ2v) is 8.64. The van der Waals surface area contributed by atoms with Gasteiger partial charge >= 0.3 is 0 Å². The van der Waals surface area contributed by atoms with Crippen molar-refractivity contribution in [3.63, 3.8) is 0 Å². The quantitative estimate of drug-likeness (QED) is 0.598. The van der Waals surface area contributed by atoms with Gasteiger partial charge in [-0.15, -0.1) is 11.8 Å². The number of anilines is 2. The van der Waals surface area contributed by atoms with Crippen molar-refractivity contribution in [3.8, 4) is 0 Å². The van der Waals surface area contributed by atoms with Crippen molar-refractivity contribution in [3.05, 3.63) is 94.5 Å². The molecule has 0 aliphatic carbocycles. The highest BCUT2D eigenvalue weighted by Crippen LogP contribution is 2.45. The summed E-state index contributed by atoms with van der Waals surface area (Å²) in [4.78, 5) is 27.6. The van der Waals surface area contributed by atoms with Crippen molar-refractivity contribution < 1.29 is 9.59 Å². The van der Waals surface area contributed by atoms with E-state index in [1.807, 2.05) is 80.3 Å². The molecule has 0 saturated carbocycles. The van der Waals surface area contributed by atoms with Crippen LogP contribution in [0.15, 0.2) is 66.7 Å². The summed E-state index contributed by atoms with van der Waals surface area (Å²) < 4.78 is 0. The fourth-order valence-corrected chi connectivity index (χ4v) is 4.94. The highest BCUT2D eigenvalue weighted by atomic mass is 32.2. The minimum Gasteiger partial charge on any atom is -0.322 e. The minimum atomic E-state index is -0.189. The Morgan fingerprint density at radius 1 is 0.967 bits per heavy atom. The van der Waals surface area contributed by atoms with Gasteiger partial charge in [-0.2, -0.15) is 0 Å². The van der Waals surface area contributed by atoms with Crippen molar-refractivity contribution in [2.24, 2.45) is 0 Å². The highest BCUT2D eigenvalue weighted by Gasteiger charge is 2.36. The van der Waals surface area contributed by atoms with Gasteiger partial charge in [0.1, 0.15) is 5.37 Å². The topological polar surface area (TPSA) is 49.4 Å². The number of para-hydroxylation sites is 1. The van der Waals surface area contributed by atoms with Gasteiger partial charge in [0, 0.05) is 22.5 Å². The summed E-state index contributed by atoms with van der Waals surface area (Å²) in [7, 11) is 0. The number of amides is 2. The lowest BCUT2D eigenvalue weighted by atomic mass is 10.1. The van der Waals surface area contributed by atoms with E-state index < -0.39 is 0 Å². The zero-order valence-corrected chi connectivity index (χ0v) is 18.1. The lowest BCUT2D eigenvalue weighted by Crippen LogP contribution is -2.29. The number of benzene rings is 3. The molecule has 152 valence electrons. The van der Waals surface area contributed by atoms with Crippen LogP contribution in [0.25, 0.3) is 0 Å². The number of carbonyl (C=O) groups excluding carboxylic acids is 2. The highest BCUT2D eigenvalue weighted by molar-refractivity contribution is 8.00. The van der Waals surface area contributed by atoms with E-state index in [1.54, 1.807) is 11.8 Å². The van der Waals surface area contributed by atoms with Crippen LogP contribution in [0, 0.1) is 20.8 Å². The average Bonchev–Trinajstić information content (AvgIpc) is 3.11. The van der Waals surface area contributed by atoms with Gasteiger partial charge < -0.3 is 5.32 Å². The summed E-state index contributed by atoms with van der Waals surface area (Å²) >= 11 is 1.59. The Kier molecular flexibility index (Phi) is 5.64. The molecule has 0 aromatic heterocycles. The molecule has 2 amide bonds. The van der Waals surface area contributed by atoms with Crippen LogP contribution in [-0.4, -0.2) is 17.6 Å². The molecule has 4 nitrogen and oxygen atoms in total. The Balaban J connectivity index is 1.71. The van der Waals surface area contributed by atoms with Gasteiger partial charge in [-0.3, -0.25) is 14.5 Å². The molecule has 1 saturated heterocycles. The fraction of sp³-hybridized carbons (Fsp3) is 0.200. The first kappa shape index (κ1) is 20.2. The molecule has 0 spiro atoms. The Labute approximate surface area is 181 Å². The van der Waals surface area contributed by atoms with E-state index in [9.17, 15) is 9.59 Å². The van der Waals surface area contributed by atoms with E-state index >= 15 is 0 Å². The van der Waals surface area contributed by atoms with Crippen LogP contribution < -0.4 is 10.2 Å². The summed E-state index contributed by atoms with van der Waals surface area (Å²) in [6, 6.07) is 21.4. The van der Waals surface area contributed by atoms with E-state index in [-0.39, 0.29) is 17.2 Å². The number of thioether (sulfide) groups is 1. The number of nitrogens with zero attached hydrogens (tertiary/aromatic N) is 1. The van der Waals surface area contributed by atoms with Crippen molar-refractivity contribution in [2.45, 2.75) is 26.1 Å². The average molecular weight is 417 g/mol. The van der Waals surface area contributed by atoms with Crippen LogP contribution >= 0.6 is 11.8 Å². The number of rotatable bonds is 4. The van der Waals surface area contributed by atoms with E-state index in [4.69, 9.17) is 0 Å². The molecular formula is C25H24N2O2S. The van der Waals surface area contributed by atoms with Gasteiger partial charge in [0.15, 0.2) is 0 Å². The number of nitrogens with one attached hydrogen (secondary N) is 1. The molecule has 30 heavy (non-hydrogen) atoms. The number of carbonyl (C=O) groups is 2. The molecular weight excluding hydrogens is 392 g/mol. The molecule has 0 bridgehead atoms. The first-order valence-corrected chi connectivity index (χ1v) is 11.0. The summed E-state index contributed by atoms with van der Waals surface area (Å²) in [5.41, 5.74) is 6.33. The molecule has 1 heterocycles. The van der Waals surface area contributed by atoms with Crippen LogP contribution in [0.2, 0.25) is 0 Å². The molecule has 1 fully saturated rings. The van der Waals surface area contributed by atoms with E-state index in [0.29, 0.717) is 11.3 Å². The first-order chi connectivity index (χ1) is 14.5. The lowest BCUT2D eigenvalue weighted by Gasteiger charge is -2.27. The molecule has 3 aromatic carbocycles. The van der Waals surface area contributed by atoms with E-state index in [1.165, 1.54) is 0 Å². The van der Waals surface area contributed by atoms with Crippen molar-refractivity contribution in [1.82, 2.24) is 0 Å². The maximum atomic E-state index is 12.9. The van der Waals surface area contributed by atoms with Crippen LogP contribution in [0.4, 0.5) is 11.4 Å². The van der Waals surface area contributed by atoms with Gasteiger partial charge in [0.2, 0.25) is 5.91 Å². The number of hydrogen-bond acceptors (Lipinski definition) is 3. The summed E-state index contributed by atoms with van der Waals surface area (Å²) in [6.45, 7) is 5.98.